The second-order valence-corrected chi connectivity index (χ2v) is 7.78. The number of ether oxygens (including phenoxy) is 1. The summed E-state index contributed by atoms with van der Waals surface area (Å²) in [6.07, 6.45) is 5.03. The third-order valence-electron chi connectivity index (χ3n) is 5.17. The van der Waals surface area contributed by atoms with E-state index in [2.05, 4.69) is 58.0 Å². The van der Waals surface area contributed by atoms with Gasteiger partial charge in [0.2, 0.25) is 0 Å². The van der Waals surface area contributed by atoms with Crippen LogP contribution in [0.3, 0.4) is 0 Å². The van der Waals surface area contributed by atoms with E-state index in [1.165, 1.54) is 18.4 Å². The number of hydrogen-bond acceptors (Lipinski definition) is 4. The highest BCUT2D eigenvalue weighted by Crippen LogP contribution is 2.19. The lowest BCUT2D eigenvalue weighted by atomic mass is 10.0. The molecular weight excluding hydrogens is 326 g/mol. The lowest BCUT2D eigenvalue weighted by Gasteiger charge is -2.36. The van der Waals surface area contributed by atoms with Gasteiger partial charge in [-0.25, -0.2) is 4.98 Å². The molecular formula is C20H33N5O. The van der Waals surface area contributed by atoms with Crippen molar-refractivity contribution < 1.29 is 4.74 Å². The van der Waals surface area contributed by atoms with Crippen molar-refractivity contribution in [1.82, 2.24) is 15.2 Å². The molecule has 26 heavy (non-hydrogen) atoms. The smallest absolute Gasteiger partial charge is 0.193 e. The minimum Gasteiger partial charge on any atom is -0.372 e. The van der Waals surface area contributed by atoms with Crippen LogP contribution in [0.15, 0.2) is 23.3 Å². The van der Waals surface area contributed by atoms with Crippen molar-refractivity contribution in [2.45, 2.75) is 52.4 Å². The average Bonchev–Trinajstić information content (AvgIpc) is 2.62. The molecule has 1 aromatic heterocycles. The molecule has 3 rings (SSSR count). The molecule has 0 amide bonds. The zero-order valence-corrected chi connectivity index (χ0v) is 16.6. The largest absolute Gasteiger partial charge is 0.372 e. The number of piperidine rings is 1. The predicted octanol–water partition coefficient (Wildman–Crippen LogP) is 2.50. The number of aromatic nitrogens is 1. The van der Waals surface area contributed by atoms with Crippen molar-refractivity contribution in [3.8, 4) is 0 Å². The molecule has 3 atom stereocenters. The van der Waals surface area contributed by atoms with Gasteiger partial charge in [-0.3, -0.25) is 4.99 Å². The van der Waals surface area contributed by atoms with Crippen LogP contribution in [-0.4, -0.2) is 61.3 Å². The Morgan fingerprint density at radius 2 is 2.00 bits per heavy atom. The Morgan fingerprint density at radius 1 is 1.23 bits per heavy atom. The van der Waals surface area contributed by atoms with Crippen LogP contribution in [0, 0.1) is 5.92 Å². The maximum atomic E-state index is 5.81. The number of aliphatic imine (C=N–C) groups is 1. The van der Waals surface area contributed by atoms with Crippen molar-refractivity contribution >= 4 is 11.8 Å². The van der Waals surface area contributed by atoms with Crippen molar-refractivity contribution in [2.75, 3.05) is 38.1 Å². The molecule has 2 saturated heterocycles. The third kappa shape index (κ3) is 4.87. The van der Waals surface area contributed by atoms with Gasteiger partial charge >= 0.3 is 0 Å². The average molecular weight is 360 g/mol. The maximum absolute atomic E-state index is 5.81. The van der Waals surface area contributed by atoms with Crippen LogP contribution in [-0.2, 0) is 11.3 Å². The Balaban J connectivity index is 1.55. The van der Waals surface area contributed by atoms with Crippen LogP contribution in [0.4, 0.5) is 5.82 Å². The monoisotopic (exact) mass is 359 g/mol. The summed E-state index contributed by atoms with van der Waals surface area (Å²) in [6.45, 7) is 11.3. The number of guanidine groups is 1. The van der Waals surface area contributed by atoms with Crippen molar-refractivity contribution in [1.29, 1.82) is 0 Å². The van der Waals surface area contributed by atoms with E-state index in [-0.39, 0.29) is 12.2 Å². The van der Waals surface area contributed by atoms with Gasteiger partial charge in [0.1, 0.15) is 5.82 Å². The highest BCUT2D eigenvalue weighted by Gasteiger charge is 2.23. The Kier molecular flexibility index (Phi) is 6.35. The summed E-state index contributed by atoms with van der Waals surface area (Å²) in [4.78, 5) is 13.8. The molecule has 6 nitrogen and oxygen atoms in total. The molecule has 6 heteroatoms. The van der Waals surface area contributed by atoms with Crippen LogP contribution in [0.2, 0.25) is 0 Å². The summed E-state index contributed by atoms with van der Waals surface area (Å²) < 4.78 is 5.81. The second-order valence-electron chi connectivity index (χ2n) is 7.78. The fourth-order valence-corrected chi connectivity index (χ4v) is 3.97. The normalized spacial score (nSPS) is 27.5. The molecule has 1 aromatic rings. The van der Waals surface area contributed by atoms with Crippen molar-refractivity contribution in [3.63, 3.8) is 0 Å². The van der Waals surface area contributed by atoms with E-state index in [0.29, 0.717) is 0 Å². The second kappa shape index (κ2) is 8.71. The Morgan fingerprint density at radius 3 is 2.62 bits per heavy atom. The summed E-state index contributed by atoms with van der Waals surface area (Å²) in [6, 6.07) is 4.28. The zero-order valence-electron chi connectivity index (χ0n) is 16.6. The number of likely N-dealkylation sites (tertiary alicyclic amines) is 1. The zero-order chi connectivity index (χ0) is 18.5. The molecule has 0 saturated carbocycles. The molecule has 2 aliphatic heterocycles. The van der Waals surface area contributed by atoms with Crippen LogP contribution < -0.4 is 10.2 Å². The van der Waals surface area contributed by atoms with E-state index >= 15 is 0 Å². The fraction of sp³-hybridized carbons (Fsp3) is 0.700. The number of pyridine rings is 1. The summed E-state index contributed by atoms with van der Waals surface area (Å²) >= 11 is 0. The molecule has 2 aliphatic rings. The fourth-order valence-electron chi connectivity index (χ4n) is 3.97. The van der Waals surface area contributed by atoms with Gasteiger partial charge in [-0.15, -0.1) is 0 Å². The maximum Gasteiger partial charge on any atom is 0.193 e. The molecule has 0 spiro atoms. The van der Waals surface area contributed by atoms with Gasteiger partial charge in [-0.05, 0) is 44.2 Å². The lowest BCUT2D eigenvalue weighted by Crippen LogP contribution is -2.46. The van der Waals surface area contributed by atoms with Gasteiger partial charge in [-0.1, -0.05) is 13.0 Å². The van der Waals surface area contributed by atoms with E-state index in [9.17, 15) is 0 Å². The molecule has 1 N–H and O–H groups in total. The number of anilines is 1. The predicted molar refractivity (Wildman–Crippen MR) is 107 cm³/mol. The Labute approximate surface area is 157 Å². The van der Waals surface area contributed by atoms with Gasteiger partial charge in [0.05, 0.1) is 12.2 Å². The van der Waals surface area contributed by atoms with Gasteiger partial charge in [0, 0.05) is 46.0 Å². The number of morpholine rings is 1. The topological polar surface area (TPSA) is 53.0 Å². The van der Waals surface area contributed by atoms with Crippen molar-refractivity contribution in [2.24, 2.45) is 10.9 Å². The number of nitrogens with one attached hydrogen (secondary N) is 1. The standard InChI is InChI=1S/C20H33N5O/c1-15-6-5-9-24(12-15)20(21-4)23-11-18-7-8-19(22-10-18)25-13-16(2)26-17(3)14-25/h7-8,10,15-17H,5-6,9,11-14H2,1-4H3,(H,21,23). The first-order chi connectivity index (χ1) is 12.5. The Hall–Kier alpha value is -1.82. The first-order valence-electron chi connectivity index (χ1n) is 9.86. The molecule has 144 valence electrons. The van der Waals surface area contributed by atoms with E-state index in [4.69, 9.17) is 4.74 Å². The van der Waals surface area contributed by atoms with Crippen molar-refractivity contribution in [3.05, 3.63) is 23.9 Å². The number of rotatable bonds is 3. The molecule has 0 aliphatic carbocycles. The minimum absolute atomic E-state index is 0.247. The van der Waals surface area contributed by atoms with E-state index in [1.54, 1.807) is 0 Å². The quantitative estimate of drug-likeness (QED) is 0.664. The van der Waals surface area contributed by atoms with Gasteiger partial charge < -0.3 is 19.9 Å². The minimum atomic E-state index is 0.247. The van der Waals surface area contributed by atoms with Crippen LogP contribution in [0.5, 0.6) is 0 Å². The molecule has 2 fully saturated rings. The molecule has 3 unspecified atom stereocenters. The van der Waals surface area contributed by atoms with Gasteiger partial charge in [0.25, 0.3) is 0 Å². The Bertz CT molecular complexity index is 593. The van der Waals surface area contributed by atoms with E-state index in [0.717, 1.165) is 50.4 Å². The number of hydrogen-bond donors (Lipinski definition) is 1. The summed E-state index contributed by atoms with van der Waals surface area (Å²) in [5, 5.41) is 3.49. The van der Waals surface area contributed by atoms with Gasteiger partial charge in [-0.2, -0.15) is 0 Å². The van der Waals surface area contributed by atoms with Gasteiger partial charge in [0.15, 0.2) is 5.96 Å². The van der Waals surface area contributed by atoms with Crippen LogP contribution in [0.1, 0.15) is 39.2 Å². The molecule has 0 aromatic carbocycles. The summed E-state index contributed by atoms with van der Waals surface area (Å²) in [5.41, 5.74) is 1.18. The van der Waals surface area contributed by atoms with Crippen LogP contribution >= 0.6 is 0 Å². The van der Waals surface area contributed by atoms with Crippen LogP contribution in [0.25, 0.3) is 0 Å². The molecule has 0 radical (unpaired) electrons. The highest BCUT2D eigenvalue weighted by molar-refractivity contribution is 5.80. The number of nitrogens with zero attached hydrogens (tertiary/aromatic N) is 4. The molecule has 0 bridgehead atoms. The summed E-state index contributed by atoms with van der Waals surface area (Å²) in [7, 11) is 1.86. The highest BCUT2D eigenvalue weighted by atomic mass is 16.5. The van der Waals surface area contributed by atoms with E-state index < -0.39 is 0 Å². The lowest BCUT2D eigenvalue weighted by molar-refractivity contribution is -0.00545. The SMILES string of the molecule is CN=C(NCc1ccc(N2CC(C)OC(C)C2)nc1)N1CCCC(C)C1. The molecule has 3 heterocycles. The first kappa shape index (κ1) is 19.0. The van der Waals surface area contributed by atoms with E-state index in [1.807, 2.05) is 13.2 Å². The first-order valence-corrected chi connectivity index (χ1v) is 9.86. The summed E-state index contributed by atoms with van der Waals surface area (Å²) in [5.74, 6) is 2.77. The third-order valence-corrected chi connectivity index (χ3v) is 5.17.